The van der Waals surface area contributed by atoms with Crippen LogP contribution < -0.4 is 0 Å². The van der Waals surface area contributed by atoms with Crippen molar-refractivity contribution in [3.8, 4) is 0 Å². The lowest BCUT2D eigenvalue weighted by Crippen LogP contribution is -2.29. The predicted molar refractivity (Wildman–Crippen MR) is 87.6 cm³/mol. The van der Waals surface area contributed by atoms with Crippen molar-refractivity contribution in [3.05, 3.63) is 83.4 Å². The van der Waals surface area contributed by atoms with Gasteiger partial charge in [0.15, 0.2) is 0 Å². The lowest BCUT2D eigenvalue weighted by Gasteiger charge is -2.09. The Bertz CT molecular complexity index is 827. The van der Waals surface area contributed by atoms with Crippen LogP contribution in [0.25, 0.3) is 0 Å². The maximum absolute atomic E-state index is 12.3. The fourth-order valence-corrected chi connectivity index (χ4v) is 2.52. The van der Waals surface area contributed by atoms with Gasteiger partial charge in [-0.1, -0.05) is 36.4 Å². The summed E-state index contributed by atoms with van der Waals surface area (Å²) >= 11 is 0. The van der Waals surface area contributed by atoms with E-state index in [1.807, 2.05) is 30.3 Å². The average molecular weight is 321 g/mol. The summed E-state index contributed by atoms with van der Waals surface area (Å²) in [4.78, 5) is 37.6. The van der Waals surface area contributed by atoms with Crippen molar-refractivity contribution in [2.24, 2.45) is 0 Å². The van der Waals surface area contributed by atoms with Gasteiger partial charge in [0.1, 0.15) is 6.61 Å². The van der Waals surface area contributed by atoms with Gasteiger partial charge in [-0.3, -0.25) is 14.5 Å². The molecule has 0 aliphatic carbocycles. The van der Waals surface area contributed by atoms with Gasteiger partial charge in [-0.05, 0) is 23.8 Å². The number of carbonyl (C=O) groups is 3. The summed E-state index contributed by atoms with van der Waals surface area (Å²) in [5, 5.41) is 0. The summed E-state index contributed by atoms with van der Waals surface area (Å²) in [6.45, 7) is 3.82. The molecule has 0 spiro atoms. The molecular weight excluding hydrogens is 306 g/mol. The number of hydrogen-bond acceptors (Lipinski definition) is 4. The highest BCUT2D eigenvalue weighted by molar-refractivity contribution is 6.22. The molecule has 0 fully saturated rings. The van der Waals surface area contributed by atoms with Crippen LogP contribution in [0, 0.1) is 0 Å². The molecule has 120 valence electrons. The highest BCUT2D eigenvalue weighted by Crippen LogP contribution is 2.24. The van der Waals surface area contributed by atoms with E-state index in [-0.39, 0.29) is 30.2 Å². The van der Waals surface area contributed by atoms with Gasteiger partial charge in [0.2, 0.25) is 0 Å². The van der Waals surface area contributed by atoms with Crippen LogP contribution in [-0.2, 0) is 11.3 Å². The zero-order valence-electron chi connectivity index (χ0n) is 12.9. The molecular formula is C19H15NO4. The molecule has 3 rings (SSSR count). The SMILES string of the molecule is C=CCN1C(=O)c2ccc(C(=O)OCc3ccccc3)cc2C1=O. The van der Waals surface area contributed by atoms with E-state index in [0.717, 1.165) is 10.5 Å². The van der Waals surface area contributed by atoms with Crippen molar-refractivity contribution in [3.63, 3.8) is 0 Å². The van der Waals surface area contributed by atoms with Crippen LogP contribution in [0.1, 0.15) is 36.6 Å². The molecule has 5 nitrogen and oxygen atoms in total. The van der Waals surface area contributed by atoms with Crippen molar-refractivity contribution in [2.45, 2.75) is 6.61 Å². The Morgan fingerprint density at radius 1 is 1.04 bits per heavy atom. The molecule has 0 aromatic heterocycles. The zero-order valence-corrected chi connectivity index (χ0v) is 12.9. The molecule has 5 heteroatoms. The topological polar surface area (TPSA) is 63.7 Å². The van der Waals surface area contributed by atoms with Crippen LogP contribution in [0.3, 0.4) is 0 Å². The van der Waals surface area contributed by atoms with Crippen LogP contribution in [0.15, 0.2) is 61.2 Å². The van der Waals surface area contributed by atoms with E-state index in [0.29, 0.717) is 5.56 Å². The Kier molecular flexibility index (Phi) is 4.24. The first-order valence-corrected chi connectivity index (χ1v) is 7.44. The number of esters is 1. The monoisotopic (exact) mass is 321 g/mol. The minimum atomic E-state index is -0.538. The smallest absolute Gasteiger partial charge is 0.338 e. The molecule has 1 heterocycles. The van der Waals surface area contributed by atoms with Crippen molar-refractivity contribution >= 4 is 17.8 Å². The average Bonchev–Trinajstić information content (AvgIpc) is 2.85. The molecule has 0 N–H and O–H groups in total. The van der Waals surface area contributed by atoms with Gasteiger partial charge in [-0.25, -0.2) is 4.79 Å². The summed E-state index contributed by atoms with van der Waals surface area (Å²) in [5.74, 6) is -1.34. The Morgan fingerprint density at radius 3 is 2.46 bits per heavy atom. The van der Waals surface area contributed by atoms with Gasteiger partial charge >= 0.3 is 5.97 Å². The zero-order chi connectivity index (χ0) is 17.1. The molecule has 0 saturated heterocycles. The highest BCUT2D eigenvalue weighted by Gasteiger charge is 2.35. The number of benzene rings is 2. The minimum Gasteiger partial charge on any atom is -0.457 e. The van der Waals surface area contributed by atoms with Crippen LogP contribution in [0.2, 0.25) is 0 Å². The molecule has 0 atom stereocenters. The molecule has 2 aromatic rings. The standard InChI is InChI=1S/C19H15NO4/c1-2-10-20-17(21)15-9-8-14(11-16(15)18(20)22)19(23)24-12-13-6-4-3-5-7-13/h2-9,11H,1,10,12H2. The van der Waals surface area contributed by atoms with E-state index in [1.165, 1.54) is 24.3 Å². The first kappa shape index (κ1) is 15.7. The minimum absolute atomic E-state index is 0.139. The number of hydrogen-bond donors (Lipinski definition) is 0. The third-order valence-corrected chi connectivity index (χ3v) is 3.73. The number of fused-ring (bicyclic) bond motifs is 1. The summed E-state index contributed by atoms with van der Waals surface area (Å²) in [7, 11) is 0. The van der Waals surface area contributed by atoms with Gasteiger partial charge in [0.05, 0.1) is 16.7 Å². The van der Waals surface area contributed by atoms with E-state index in [9.17, 15) is 14.4 Å². The number of nitrogens with zero attached hydrogens (tertiary/aromatic N) is 1. The van der Waals surface area contributed by atoms with Gasteiger partial charge < -0.3 is 4.74 Å². The van der Waals surface area contributed by atoms with Gasteiger partial charge in [0.25, 0.3) is 11.8 Å². The number of imide groups is 1. The summed E-state index contributed by atoms with van der Waals surface area (Å²) in [5.41, 5.74) is 1.62. The fraction of sp³-hybridized carbons (Fsp3) is 0.105. The van der Waals surface area contributed by atoms with E-state index in [1.54, 1.807) is 0 Å². The lowest BCUT2D eigenvalue weighted by atomic mass is 10.1. The van der Waals surface area contributed by atoms with Gasteiger partial charge in [-0.2, -0.15) is 0 Å². The normalized spacial score (nSPS) is 12.9. The third kappa shape index (κ3) is 2.84. The Hall–Kier alpha value is -3.21. The second kappa shape index (κ2) is 6.50. The van der Waals surface area contributed by atoms with Crippen LogP contribution in [0.4, 0.5) is 0 Å². The maximum Gasteiger partial charge on any atom is 0.338 e. The maximum atomic E-state index is 12.3. The molecule has 2 amide bonds. The van der Waals surface area contributed by atoms with Crippen LogP contribution in [-0.4, -0.2) is 29.2 Å². The van der Waals surface area contributed by atoms with Crippen LogP contribution in [0.5, 0.6) is 0 Å². The third-order valence-electron chi connectivity index (χ3n) is 3.73. The first-order chi connectivity index (χ1) is 11.6. The number of ether oxygens (including phenoxy) is 1. The summed E-state index contributed by atoms with van der Waals surface area (Å²) in [6, 6.07) is 13.7. The molecule has 1 aliphatic rings. The first-order valence-electron chi connectivity index (χ1n) is 7.44. The largest absolute Gasteiger partial charge is 0.457 e. The molecule has 2 aromatic carbocycles. The van der Waals surface area contributed by atoms with E-state index in [4.69, 9.17) is 4.74 Å². The number of carbonyl (C=O) groups excluding carboxylic acids is 3. The molecule has 0 bridgehead atoms. The summed E-state index contributed by atoms with van der Waals surface area (Å²) < 4.78 is 5.25. The second-order valence-electron chi connectivity index (χ2n) is 5.33. The molecule has 0 unspecified atom stereocenters. The van der Waals surface area contributed by atoms with E-state index < -0.39 is 11.9 Å². The molecule has 24 heavy (non-hydrogen) atoms. The molecule has 0 saturated carbocycles. The predicted octanol–water partition coefficient (Wildman–Crippen LogP) is 2.83. The summed E-state index contributed by atoms with van der Waals surface area (Å²) in [6.07, 6.45) is 1.48. The van der Waals surface area contributed by atoms with Gasteiger partial charge in [0, 0.05) is 6.54 Å². The Morgan fingerprint density at radius 2 is 1.75 bits per heavy atom. The quantitative estimate of drug-likeness (QED) is 0.482. The van der Waals surface area contributed by atoms with Crippen molar-refractivity contribution in [2.75, 3.05) is 6.54 Å². The highest BCUT2D eigenvalue weighted by atomic mass is 16.5. The van der Waals surface area contributed by atoms with Crippen molar-refractivity contribution in [1.82, 2.24) is 4.90 Å². The number of rotatable bonds is 5. The van der Waals surface area contributed by atoms with E-state index in [2.05, 4.69) is 6.58 Å². The van der Waals surface area contributed by atoms with Crippen molar-refractivity contribution < 1.29 is 19.1 Å². The second-order valence-corrected chi connectivity index (χ2v) is 5.33. The Labute approximate surface area is 139 Å². The van der Waals surface area contributed by atoms with Crippen LogP contribution >= 0.6 is 0 Å². The Balaban J connectivity index is 1.77. The van der Waals surface area contributed by atoms with Gasteiger partial charge in [-0.15, -0.1) is 6.58 Å². The van der Waals surface area contributed by atoms with E-state index >= 15 is 0 Å². The molecule has 1 aliphatic heterocycles. The fourth-order valence-electron chi connectivity index (χ4n) is 2.52. The lowest BCUT2D eigenvalue weighted by molar-refractivity contribution is 0.0472. The number of amides is 2. The molecule has 0 radical (unpaired) electrons. The van der Waals surface area contributed by atoms with Crippen molar-refractivity contribution in [1.29, 1.82) is 0 Å².